The Kier molecular flexibility index (Phi) is 4.04. The molecule has 0 bridgehead atoms. The zero-order chi connectivity index (χ0) is 14.0. The molecule has 100 valence electrons. The first kappa shape index (κ1) is 13.8. The van der Waals surface area contributed by atoms with Gasteiger partial charge in [-0.2, -0.15) is 0 Å². The number of nitrogens with zero attached hydrogens (tertiary/aromatic N) is 1. The first-order valence-electron chi connectivity index (χ1n) is 5.95. The second kappa shape index (κ2) is 5.57. The van der Waals surface area contributed by atoms with Gasteiger partial charge in [-0.05, 0) is 44.5 Å². The second-order valence-electron chi connectivity index (χ2n) is 4.45. The van der Waals surface area contributed by atoms with E-state index in [9.17, 15) is 4.79 Å². The summed E-state index contributed by atoms with van der Waals surface area (Å²) in [6.07, 6.45) is 0. The lowest BCUT2D eigenvalue weighted by Crippen LogP contribution is -2.23. The molecule has 1 aromatic heterocycles. The van der Waals surface area contributed by atoms with Gasteiger partial charge in [0.15, 0.2) is 0 Å². The number of aryl methyl sites for hydroxylation is 3. The molecule has 2 aromatic rings. The van der Waals surface area contributed by atoms with Gasteiger partial charge >= 0.3 is 0 Å². The molecule has 0 saturated carbocycles. The van der Waals surface area contributed by atoms with Crippen molar-refractivity contribution in [1.29, 1.82) is 0 Å². The van der Waals surface area contributed by atoms with Crippen LogP contribution in [0.4, 0.5) is 0 Å². The smallest absolute Gasteiger partial charge is 0.251 e. The summed E-state index contributed by atoms with van der Waals surface area (Å²) in [6.45, 7) is 6.08. The van der Waals surface area contributed by atoms with Crippen molar-refractivity contribution in [2.75, 3.05) is 0 Å². The molecule has 0 unspecified atom stereocenters. The van der Waals surface area contributed by atoms with E-state index in [-0.39, 0.29) is 5.91 Å². The van der Waals surface area contributed by atoms with Crippen molar-refractivity contribution in [2.45, 2.75) is 27.3 Å². The number of benzene rings is 1. The van der Waals surface area contributed by atoms with Crippen LogP contribution >= 0.6 is 15.9 Å². The molecule has 0 saturated heterocycles. The van der Waals surface area contributed by atoms with Crippen molar-refractivity contribution < 1.29 is 9.32 Å². The van der Waals surface area contributed by atoms with Crippen molar-refractivity contribution in [2.24, 2.45) is 0 Å². The molecule has 0 atom stereocenters. The standard InChI is InChI=1S/C14H15BrN2O2/c1-8-6-11(4-5-13(8)15)14(18)16-7-12-9(2)17-19-10(12)3/h4-6H,7H2,1-3H3,(H,16,18). The van der Waals surface area contributed by atoms with Crippen molar-refractivity contribution >= 4 is 21.8 Å². The minimum Gasteiger partial charge on any atom is -0.361 e. The first-order valence-corrected chi connectivity index (χ1v) is 6.74. The third-order valence-corrected chi connectivity index (χ3v) is 3.92. The Bertz CT molecular complexity index is 600. The molecule has 2 rings (SSSR count). The van der Waals surface area contributed by atoms with E-state index in [1.807, 2.05) is 32.9 Å². The van der Waals surface area contributed by atoms with Gasteiger partial charge in [0, 0.05) is 22.1 Å². The maximum absolute atomic E-state index is 12.0. The highest BCUT2D eigenvalue weighted by molar-refractivity contribution is 9.10. The predicted molar refractivity (Wildman–Crippen MR) is 76.0 cm³/mol. The summed E-state index contributed by atoms with van der Waals surface area (Å²) < 4.78 is 6.06. The highest BCUT2D eigenvalue weighted by Gasteiger charge is 2.11. The second-order valence-corrected chi connectivity index (χ2v) is 5.30. The van der Waals surface area contributed by atoms with Crippen molar-refractivity contribution in [3.8, 4) is 0 Å². The summed E-state index contributed by atoms with van der Waals surface area (Å²) in [5.74, 6) is 0.639. The molecule has 0 radical (unpaired) electrons. The van der Waals surface area contributed by atoms with Crippen LogP contribution in [0.2, 0.25) is 0 Å². The third-order valence-electron chi connectivity index (χ3n) is 3.03. The van der Waals surface area contributed by atoms with Crippen molar-refractivity contribution in [3.63, 3.8) is 0 Å². The number of nitrogens with one attached hydrogen (secondary N) is 1. The minimum absolute atomic E-state index is 0.101. The van der Waals surface area contributed by atoms with Gasteiger partial charge in [-0.25, -0.2) is 0 Å². The molecule has 0 aliphatic rings. The van der Waals surface area contributed by atoms with E-state index in [1.54, 1.807) is 6.07 Å². The Morgan fingerprint density at radius 3 is 2.68 bits per heavy atom. The molecule has 1 aromatic carbocycles. The quantitative estimate of drug-likeness (QED) is 0.943. The Labute approximate surface area is 120 Å². The largest absolute Gasteiger partial charge is 0.361 e. The lowest BCUT2D eigenvalue weighted by Gasteiger charge is -2.06. The predicted octanol–water partition coefficient (Wildman–Crippen LogP) is 3.29. The number of carbonyl (C=O) groups is 1. The zero-order valence-electron chi connectivity index (χ0n) is 11.1. The van der Waals surface area contributed by atoms with Gasteiger partial charge in [0.1, 0.15) is 5.76 Å². The molecule has 1 N–H and O–H groups in total. The van der Waals surface area contributed by atoms with Gasteiger partial charge in [0.2, 0.25) is 0 Å². The molecular formula is C14H15BrN2O2. The van der Waals surface area contributed by atoms with Crippen LogP contribution in [0, 0.1) is 20.8 Å². The summed E-state index contributed by atoms with van der Waals surface area (Å²) in [4.78, 5) is 12.0. The topological polar surface area (TPSA) is 55.1 Å². The lowest BCUT2D eigenvalue weighted by molar-refractivity contribution is 0.0950. The molecule has 0 fully saturated rings. The zero-order valence-corrected chi connectivity index (χ0v) is 12.7. The lowest BCUT2D eigenvalue weighted by atomic mass is 10.1. The molecule has 4 nitrogen and oxygen atoms in total. The van der Waals surface area contributed by atoms with Crippen LogP contribution in [0.25, 0.3) is 0 Å². The van der Waals surface area contributed by atoms with Crippen LogP contribution in [0.15, 0.2) is 27.2 Å². The van der Waals surface area contributed by atoms with Crippen molar-refractivity contribution in [1.82, 2.24) is 10.5 Å². The Hall–Kier alpha value is -1.62. The average Bonchev–Trinajstić information content (AvgIpc) is 2.69. The van der Waals surface area contributed by atoms with E-state index in [1.165, 1.54) is 0 Å². The van der Waals surface area contributed by atoms with Crippen molar-refractivity contribution in [3.05, 3.63) is 50.8 Å². The molecule has 0 spiro atoms. The van der Waals surface area contributed by atoms with Gasteiger partial charge in [-0.3, -0.25) is 4.79 Å². The van der Waals surface area contributed by atoms with E-state index < -0.39 is 0 Å². The number of hydrogen-bond acceptors (Lipinski definition) is 3. The maximum atomic E-state index is 12.0. The maximum Gasteiger partial charge on any atom is 0.251 e. The molecule has 19 heavy (non-hydrogen) atoms. The Balaban J connectivity index is 2.07. The fourth-order valence-electron chi connectivity index (χ4n) is 1.81. The number of aromatic nitrogens is 1. The molecule has 1 heterocycles. The van der Waals surface area contributed by atoms with Gasteiger partial charge in [-0.1, -0.05) is 21.1 Å². The summed E-state index contributed by atoms with van der Waals surface area (Å²) in [7, 11) is 0. The van der Waals surface area contributed by atoms with E-state index in [2.05, 4.69) is 26.4 Å². The average molecular weight is 323 g/mol. The number of amides is 1. The number of carbonyl (C=O) groups excluding carboxylic acids is 1. The Morgan fingerprint density at radius 1 is 1.37 bits per heavy atom. The summed E-state index contributed by atoms with van der Waals surface area (Å²) in [5.41, 5.74) is 3.42. The van der Waals surface area contributed by atoms with Gasteiger partial charge in [-0.15, -0.1) is 0 Å². The van der Waals surface area contributed by atoms with Crippen LogP contribution in [-0.4, -0.2) is 11.1 Å². The van der Waals surface area contributed by atoms with Gasteiger partial charge in [0.05, 0.1) is 5.69 Å². The fraction of sp³-hybridized carbons (Fsp3) is 0.286. The molecule has 1 amide bonds. The van der Waals surface area contributed by atoms with Crippen LogP contribution in [0.1, 0.15) is 32.9 Å². The summed E-state index contributed by atoms with van der Waals surface area (Å²) >= 11 is 3.42. The summed E-state index contributed by atoms with van der Waals surface area (Å²) in [6, 6.07) is 5.52. The normalized spacial score (nSPS) is 10.5. The van der Waals surface area contributed by atoms with Crippen LogP contribution in [0.3, 0.4) is 0 Å². The Morgan fingerprint density at radius 2 is 2.11 bits per heavy atom. The third kappa shape index (κ3) is 3.04. The van der Waals surface area contributed by atoms with E-state index in [0.29, 0.717) is 12.1 Å². The number of hydrogen-bond donors (Lipinski definition) is 1. The monoisotopic (exact) mass is 322 g/mol. The van der Waals surface area contributed by atoms with Crippen LogP contribution in [0.5, 0.6) is 0 Å². The molecule has 0 aliphatic heterocycles. The van der Waals surface area contributed by atoms with Gasteiger partial charge in [0.25, 0.3) is 5.91 Å². The fourth-order valence-corrected chi connectivity index (χ4v) is 2.06. The number of rotatable bonds is 3. The van der Waals surface area contributed by atoms with Crippen LogP contribution < -0.4 is 5.32 Å². The SMILES string of the molecule is Cc1cc(C(=O)NCc2c(C)noc2C)ccc1Br. The van der Waals surface area contributed by atoms with E-state index in [0.717, 1.165) is 27.1 Å². The summed E-state index contributed by atoms with van der Waals surface area (Å²) in [5, 5.41) is 6.74. The van der Waals surface area contributed by atoms with E-state index >= 15 is 0 Å². The van der Waals surface area contributed by atoms with E-state index in [4.69, 9.17) is 4.52 Å². The molecular weight excluding hydrogens is 308 g/mol. The minimum atomic E-state index is -0.101. The molecule has 0 aliphatic carbocycles. The molecule has 5 heteroatoms. The highest BCUT2D eigenvalue weighted by atomic mass is 79.9. The first-order chi connectivity index (χ1) is 8.99. The highest BCUT2D eigenvalue weighted by Crippen LogP contribution is 2.17. The van der Waals surface area contributed by atoms with Crippen LogP contribution in [-0.2, 0) is 6.54 Å². The van der Waals surface area contributed by atoms with Gasteiger partial charge < -0.3 is 9.84 Å². The number of halogens is 1.